The fraction of sp³-hybridized carbons (Fsp3) is 0.538. The zero-order valence-corrected chi connectivity index (χ0v) is 14.1. The third-order valence-electron chi connectivity index (χ3n) is 3.40. The van der Waals surface area contributed by atoms with E-state index in [1.165, 1.54) is 6.42 Å². The van der Waals surface area contributed by atoms with Crippen molar-refractivity contribution in [2.75, 3.05) is 18.0 Å². The van der Waals surface area contributed by atoms with Gasteiger partial charge in [-0.15, -0.1) is 0 Å². The number of nitrogens with zero attached hydrogens (tertiary/aromatic N) is 2. The smallest absolute Gasteiger partial charge is 0.271 e. The van der Waals surface area contributed by atoms with Crippen LogP contribution in [0.25, 0.3) is 0 Å². The quantitative estimate of drug-likeness (QED) is 0.546. The van der Waals surface area contributed by atoms with Crippen LogP contribution in [-0.2, 0) is 0 Å². The molecule has 2 atom stereocenters. The van der Waals surface area contributed by atoms with E-state index in [0.717, 1.165) is 27.7 Å². The standard InChI is InChI=1S/C13H16Br2N2O2/c1-8-3-9(2)7-16(6-8)13-11(14)4-10(17(18)19)5-12(13)15/h4-5,8-9H,3,6-7H2,1-2H3/t8-,9+. The number of nitro groups is 1. The second kappa shape index (κ2) is 5.79. The minimum Gasteiger partial charge on any atom is -0.369 e. The fourth-order valence-electron chi connectivity index (χ4n) is 2.81. The third kappa shape index (κ3) is 3.28. The first-order valence-electron chi connectivity index (χ1n) is 6.27. The number of anilines is 1. The number of piperidine rings is 1. The summed E-state index contributed by atoms with van der Waals surface area (Å²) in [5.74, 6) is 1.27. The van der Waals surface area contributed by atoms with Gasteiger partial charge < -0.3 is 4.90 Å². The molecule has 0 amide bonds. The number of rotatable bonds is 2. The molecule has 1 heterocycles. The highest BCUT2D eigenvalue weighted by Crippen LogP contribution is 2.40. The molecule has 0 saturated carbocycles. The second-order valence-electron chi connectivity index (χ2n) is 5.37. The van der Waals surface area contributed by atoms with Gasteiger partial charge in [-0.05, 0) is 50.1 Å². The van der Waals surface area contributed by atoms with Crippen LogP contribution in [0.2, 0.25) is 0 Å². The molecule has 0 radical (unpaired) electrons. The molecular formula is C13H16Br2N2O2. The molecule has 0 unspecified atom stereocenters. The van der Waals surface area contributed by atoms with Gasteiger partial charge in [0.1, 0.15) is 0 Å². The molecule has 0 aliphatic carbocycles. The van der Waals surface area contributed by atoms with Gasteiger partial charge in [0, 0.05) is 34.2 Å². The Bertz CT molecular complexity index is 474. The molecule has 1 aliphatic rings. The minimum absolute atomic E-state index is 0.0978. The van der Waals surface area contributed by atoms with E-state index >= 15 is 0 Å². The second-order valence-corrected chi connectivity index (χ2v) is 7.07. The summed E-state index contributed by atoms with van der Waals surface area (Å²) in [7, 11) is 0. The first-order chi connectivity index (χ1) is 8.88. The van der Waals surface area contributed by atoms with Gasteiger partial charge in [0.05, 0.1) is 10.6 Å². The summed E-state index contributed by atoms with van der Waals surface area (Å²) in [6, 6.07) is 3.15. The summed E-state index contributed by atoms with van der Waals surface area (Å²) in [5, 5.41) is 10.8. The number of non-ortho nitro benzene ring substituents is 1. The van der Waals surface area contributed by atoms with Gasteiger partial charge in [0.2, 0.25) is 0 Å². The van der Waals surface area contributed by atoms with Gasteiger partial charge in [-0.2, -0.15) is 0 Å². The SMILES string of the molecule is C[C@@H]1C[C@H](C)CN(c2c(Br)cc([N+](=O)[O-])cc2Br)C1. The van der Waals surface area contributed by atoms with E-state index in [9.17, 15) is 10.1 Å². The maximum atomic E-state index is 10.8. The molecule has 2 rings (SSSR count). The lowest BCUT2D eigenvalue weighted by molar-refractivity contribution is -0.385. The monoisotopic (exact) mass is 390 g/mol. The Kier molecular flexibility index (Phi) is 4.50. The molecule has 19 heavy (non-hydrogen) atoms. The van der Waals surface area contributed by atoms with E-state index in [-0.39, 0.29) is 10.6 Å². The maximum Gasteiger partial charge on any atom is 0.271 e. The van der Waals surface area contributed by atoms with Crippen molar-refractivity contribution in [3.8, 4) is 0 Å². The molecule has 1 aromatic carbocycles. The predicted molar refractivity (Wildman–Crippen MR) is 83.7 cm³/mol. The molecule has 0 spiro atoms. The van der Waals surface area contributed by atoms with Crippen LogP contribution < -0.4 is 4.90 Å². The zero-order chi connectivity index (χ0) is 14.2. The van der Waals surface area contributed by atoms with Crippen LogP contribution in [0.5, 0.6) is 0 Å². The summed E-state index contributed by atoms with van der Waals surface area (Å²) < 4.78 is 1.55. The highest BCUT2D eigenvalue weighted by Gasteiger charge is 2.26. The van der Waals surface area contributed by atoms with Crippen LogP contribution in [0, 0.1) is 22.0 Å². The van der Waals surface area contributed by atoms with Crippen molar-refractivity contribution >= 4 is 43.2 Å². The van der Waals surface area contributed by atoms with Crippen molar-refractivity contribution in [2.45, 2.75) is 20.3 Å². The number of benzene rings is 1. The Hall–Kier alpha value is -0.620. The van der Waals surface area contributed by atoms with Crippen LogP contribution in [0.15, 0.2) is 21.1 Å². The van der Waals surface area contributed by atoms with Gasteiger partial charge in [-0.25, -0.2) is 0 Å². The third-order valence-corrected chi connectivity index (χ3v) is 4.61. The van der Waals surface area contributed by atoms with Crippen molar-refractivity contribution in [3.63, 3.8) is 0 Å². The molecule has 1 aromatic rings. The number of halogens is 2. The van der Waals surface area contributed by atoms with Crippen LogP contribution in [0.3, 0.4) is 0 Å². The fourth-order valence-corrected chi connectivity index (χ4v) is 4.47. The minimum atomic E-state index is -0.374. The van der Waals surface area contributed by atoms with E-state index in [2.05, 4.69) is 50.6 Å². The van der Waals surface area contributed by atoms with E-state index in [1.54, 1.807) is 12.1 Å². The molecule has 0 bridgehead atoms. The van der Waals surface area contributed by atoms with Gasteiger partial charge in [-0.1, -0.05) is 13.8 Å². The molecule has 4 nitrogen and oxygen atoms in total. The van der Waals surface area contributed by atoms with Crippen LogP contribution in [-0.4, -0.2) is 18.0 Å². The first kappa shape index (κ1) is 14.8. The van der Waals surface area contributed by atoms with Crippen molar-refractivity contribution in [1.82, 2.24) is 0 Å². The van der Waals surface area contributed by atoms with Gasteiger partial charge in [0.25, 0.3) is 5.69 Å². The Labute approximate surface area is 129 Å². The average Bonchev–Trinajstić information content (AvgIpc) is 2.26. The summed E-state index contributed by atoms with van der Waals surface area (Å²) >= 11 is 6.93. The van der Waals surface area contributed by atoms with E-state index in [0.29, 0.717) is 11.8 Å². The van der Waals surface area contributed by atoms with E-state index in [1.807, 2.05) is 0 Å². The van der Waals surface area contributed by atoms with Crippen molar-refractivity contribution in [1.29, 1.82) is 0 Å². The molecule has 0 N–H and O–H groups in total. The summed E-state index contributed by atoms with van der Waals surface area (Å²) in [6.45, 7) is 6.46. The Morgan fingerprint density at radius 3 is 2.11 bits per heavy atom. The van der Waals surface area contributed by atoms with Crippen LogP contribution in [0.4, 0.5) is 11.4 Å². The van der Waals surface area contributed by atoms with Gasteiger partial charge in [0.15, 0.2) is 0 Å². The Balaban J connectivity index is 2.37. The van der Waals surface area contributed by atoms with Crippen molar-refractivity contribution < 1.29 is 4.92 Å². The molecule has 104 valence electrons. The van der Waals surface area contributed by atoms with Crippen LogP contribution in [0.1, 0.15) is 20.3 Å². The van der Waals surface area contributed by atoms with Gasteiger partial charge in [-0.3, -0.25) is 10.1 Å². The average molecular weight is 392 g/mol. The lowest BCUT2D eigenvalue weighted by Gasteiger charge is -2.37. The lowest BCUT2D eigenvalue weighted by atomic mass is 9.91. The summed E-state index contributed by atoms with van der Waals surface area (Å²) in [4.78, 5) is 12.8. The summed E-state index contributed by atoms with van der Waals surface area (Å²) in [6.07, 6.45) is 1.23. The molecule has 1 aliphatic heterocycles. The first-order valence-corrected chi connectivity index (χ1v) is 7.85. The van der Waals surface area contributed by atoms with Crippen LogP contribution >= 0.6 is 31.9 Å². The number of nitro benzene ring substituents is 1. The summed E-state index contributed by atoms with van der Waals surface area (Å²) in [5.41, 5.74) is 1.12. The molecule has 1 saturated heterocycles. The molecular weight excluding hydrogens is 376 g/mol. The Morgan fingerprint density at radius 2 is 1.68 bits per heavy atom. The zero-order valence-electron chi connectivity index (χ0n) is 10.9. The van der Waals surface area contributed by atoms with Crippen molar-refractivity contribution in [3.05, 3.63) is 31.2 Å². The molecule has 1 fully saturated rings. The normalized spacial score (nSPS) is 23.5. The van der Waals surface area contributed by atoms with Gasteiger partial charge >= 0.3 is 0 Å². The predicted octanol–water partition coefficient (Wildman–Crippen LogP) is 4.60. The van der Waals surface area contributed by atoms with E-state index < -0.39 is 0 Å². The molecule has 6 heteroatoms. The lowest BCUT2D eigenvalue weighted by Crippen LogP contribution is -2.39. The van der Waals surface area contributed by atoms with E-state index in [4.69, 9.17) is 0 Å². The highest BCUT2D eigenvalue weighted by atomic mass is 79.9. The maximum absolute atomic E-state index is 10.8. The largest absolute Gasteiger partial charge is 0.369 e. The van der Waals surface area contributed by atoms with Crippen molar-refractivity contribution in [2.24, 2.45) is 11.8 Å². The number of hydrogen-bond donors (Lipinski definition) is 0. The highest BCUT2D eigenvalue weighted by molar-refractivity contribution is 9.11. The molecule has 0 aromatic heterocycles. The Morgan fingerprint density at radius 1 is 1.21 bits per heavy atom. The number of hydrogen-bond acceptors (Lipinski definition) is 3. The topological polar surface area (TPSA) is 46.4 Å².